The number of urea groups is 1. The fourth-order valence-corrected chi connectivity index (χ4v) is 5.31. The number of carbonyl (C=O) groups excluding carboxylic acids is 1. The minimum atomic E-state index is -1.15. The number of nitrogens with zero attached hydrogens (tertiary/aromatic N) is 1. The summed E-state index contributed by atoms with van der Waals surface area (Å²) in [4.78, 5) is 15.1. The third-order valence-electron chi connectivity index (χ3n) is 7.27. The number of hydrogen-bond donors (Lipinski definition) is 3. The van der Waals surface area contributed by atoms with E-state index in [1.165, 1.54) is 0 Å². The number of likely N-dealkylation sites (tertiary alicyclic amines) is 1. The first-order valence-corrected chi connectivity index (χ1v) is 13.5. The smallest absolute Gasteiger partial charge is 0.317 e. The Morgan fingerprint density at radius 2 is 1.81 bits per heavy atom. The lowest BCUT2D eigenvalue weighted by Crippen LogP contribution is -2.57. The maximum absolute atomic E-state index is 13.2. The Morgan fingerprint density at radius 3 is 2.51 bits per heavy atom. The number of nitrogens with one attached hydrogen (secondary N) is 2. The van der Waals surface area contributed by atoms with E-state index in [0.29, 0.717) is 38.4 Å². The fraction of sp³-hybridized carbons (Fsp3) is 0.567. The Bertz CT molecular complexity index is 1010. The van der Waals surface area contributed by atoms with Gasteiger partial charge in [0.05, 0.1) is 5.60 Å². The zero-order valence-electron chi connectivity index (χ0n) is 23.2. The molecule has 1 aliphatic rings. The van der Waals surface area contributed by atoms with Crippen LogP contribution in [-0.4, -0.2) is 62.0 Å². The standard InChI is InChI=1S/C30H45N3O4/c1-23-13-6-8-16-26(23)37-27-17-9-7-15-25(27)30(35,18-10-11-20-36-5)24-14-12-19-33(21-24)28(34)32-29(2,3)22-31-4/h6-9,13,15-17,24,31,35H,10-12,14,18-22H2,1-5H3,(H,32,34)/t24-,30+/m1/s1. The minimum absolute atomic E-state index is 0.0869. The van der Waals surface area contributed by atoms with Gasteiger partial charge in [-0.3, -0.25) is 0 Å². The van der Waals surface area contributed by atoms with E-state index in [4.69, 9.17) is 9.47 Å². The molecule has 7 nitrogen and oxygen atoms in total. The van der Waals surface area contributed by atoms with E-state index < -0.39 is 5.60 Å². The lowest BCUT2D eigenvalue weighted by Gasteiger charge is -2.44. The van der Waals surface area contributed by atoms with Crippen LogP contribution in [0.4, 0.5) is 4.79 Å². The number of methoxy groups -OCH3 is 1. The zero-order valence-corrected chi connectivity index (χ0v) is 23.2. The Labute approximate surface area is 222 Å². The summed E-state index contributed by atoms with van der Waals surface area (Å²) in [6.07, 6.45) is 3.90. The highest BCUT2D eigenvalue weighted by atomic mass is 16.5. The van der Waals surface area contributed by atoms with Crippen LogP contribution < -0.4 is 15.4 Å². The van der Waals surface area contributed by atoms with Crippen molar-refractivity contribution in [2.24, 2.45) is 5.92 Å². The summed E-state index contributed by atoms with van der Waals surface area (Å²) in [6, 6.07) is 15.6. The van der Waals surface area contributed by atoms with Crippen LogP contribution in [0.25, 0.3) is 0 Å². The zero-order chi connectivity index (χ0) is 26.9. The molecule has 3 rings (SSSR count). The molecule has 0 radical (unpaired) electrons. The number of unbranched alkanes of at least 4 members (excludes halogenated alkanes) is 1. The van der Waals surface area contributed by atoms with Gasteiger partial charge in [-0.15, -0.1) is 0 Å². The molecule has 2 aromatic rings. The predicted molar refractivity (Wildman–Crippen MR) is 148 cm³/mol. The highest BCUT2D eigenvalue weighted by Gasteiger charge is 2.43. The molecule has 0 aromatic heterocycles. The molecular weight excluding hydrogens is 466 g/mol. The normalized spacial score (nSPS) is 17.8. The summed E-state index contributed by atoms with van der Waals surface area (Å²) in [7, 11) is 3.58. The van der Waals surface area contributed by atoms with Crippen molar-refractivity contribution >= 4 is 6.03 Å². The molecule has 2 atom stereocenters. The first kappa shape index (κ1) is 29.0. The second-order valence-corrected chi connectivity index (χ2v) is 10.9. The number of rotatable bonds is 12. The van der Waals surface area contributed by atoms with Gasteiger partial charge in [0.1, 0.15) is 11.5 Å². The average molecular weight is 512 g/mol. The molecule has 0 saturated carbocycles. The molecular formula is C30H45N3O4. The number of ether oxygens (including phenoxy) is 2. The van der Waals surface area contributed by atoms with Crippen LogP contribution in [0.5, 0.6) is 11.5 Å². The SMILES string of the molecule is CNCC(C)(C)NC(=O)N1CCC[C@@H]([C@@](O)(CCCCOC)c2ccccc2Oc2ccccc2C)C1. The van der Waals surface area contributed by atoms with Crippen molar-refractivity contribution in [3.8, 4) is 11.5 Å². The molecule has 204 valence electrons. The Balaban J connectivity index is 1.90. The number of piperidine rings is 1. The van der Waals surface area contributed by atoms with Crippen molar-refractivity contribution in [2.75, 3.05) is 40.4 Å². The predicted octanol–water partition coefficient (Wildman–Crippen LogP) is 5.21. The quantitative estimate of drug-likeness (QED) is 0.341. The van der Waals surface area contributed by atoms with Crippen molar-refractivity contribution in [3.63, 3.8) is 0 Å². The van der Waals surface area contributed by atoms with Gasteiger partial charge in [0.15, 0.2) is 0 Å². The molecule has 1 saturated heterocycles. The Hall–Kier alpha value is -2.61. The summed E-state index contributed by atoms with van der Waals surface area (Å²) >= 11 is 0. The van der Waals surface area contributed by atoms with Crippen LogP contribution in [0.3, 0.4) is 0 Å². The van der Waals surface area contributed by atoms with Crippen LogP contribution in [0.15, 0.2) is 48.5 Å². The van der Waals surface area contributed by atoms with Gasteiger partial charge in [0, 0.05) is 50.4 Å². The van der Waals surface area contributed by atoms with Crippen LogP contribution in [0.2, 0.25) is 0 Å². The summed E-state index contributed by atoms with van der Waals surface area (Å²) < 4.78 is 11.7. The number of carbonyl (C=O) groups is 1. The van der Waals surface area contributed by atoms with E-state index in [1.807, 2.05) is 81.2 Å². The van der Waals surface area contributed by atoms with Gasteiger partial charge in [-0.1, -0.05) is 36.4 Å². The first-order valence-electron chi connectivity index (χ1n) is 13.5. The fourth-order valence-electron chi connectivity index (χ4n) is 5.31. The van der Waals surface area contributed by atoms with Gasteiger partial charge >= 0.3 is 6.03 Å². The van der Waals surface area contributed by atoms with Gasteiger partial charge in [-0.25, -0.2) is 4.79 Å². The summed E-state index contributed by atoms with van der Waals surface area (Å²) in [5, 5.41) is 18.7. The molecule has 1 fully saturated rings. The number of amides is 2. The number of benzene rings is 2. The number of likely N-dealkylation sites (N-methyl/N-ethyl adjacent to an activating group) is 1. The molecule has 1 heterocycles. The van der Waals surface area contributed by atoms with Crippen LogP contribution >= 0.6 is 0 Å². The number of aliphatic hydroxyl groups is 1. The largest absolute Gasteiger partial charge is 0.457 e. The van der Waals surface area contributed by atoms with Gasteiger partial charge in [-0.05, 0) is 77.6 Å². The summed E-state index contributed by atoms with van der Waals surface area (Å²) in [5.74, 6) is 1.31. The molecule has 2 amide bonds. The molecule has 7 heteroatoms. The van der Waals surface area contributed by atoms with Crippen molar-refractivity contribution in [2.45, 2.75) is 64.0 Å². The third kappa shape index (κ3) is 7.69. The summed E-state index contributed by atoms with van der Waals surface area (Å²) in [5.41, 5.74) is 0.291. The Morgan fingerprint density at radius 1 is 1.11 bits per heavy atom. The van der Waals surface area contributed by atoms with Crippen LogP contribution in [-0.2, 0) is 10.3 Å². The number of aryl methyl sites for hydroxylation is 1. The molecule has 0 spiro atoms. The van der Waals surface area contributed by atoms with Gasteiger partial charge in [0.25, 0.3) is 0 Å². The van der Waals surface area contributed by atoms with E-state index in [0.717, 1.165) is 42.6 Å². The van der Waals surface area contributed by atoms with Crippen molar-refractivity contribution < 1.29 is 19.4 Å². The monoisotopic (exact) mass is 511 g/mol. The van der Waals surface area contributed by atoms with Crippen LogP contribution in [0, 0.1) is 12.8 Å². The molecule has 2 aromatic carbocycles. The molecule has 3 N–H and O–H groups in total. The molecule has 0 aliphatic carbocycles. The second-order valence-electron chi connectivity index (χ2n) is 10.9. The topological polar surface area (TPSA) is 83.1 Å². The highest BCUT2D eigenvalue weighted by molar-refractivity contribution is 5.75. The third-order valence-corrected chi connectivity index (χ3v) is 7.27. The van der Waals surface area contributed by atoms with E-state index in [-0.39, 0.29) is 17.5 Å². The van der Waals surface area contributed by atoms with Gasteiger partial charge < -0.3 is 30.1 Å². The van der Waals surface area contributed by atoms with E-state index in [2.05, 4.69) is 10.6 Å². The average Bonchev–Trinajstić information content (AvgIpc) is 2.88. The summed E-state index contributed by atoms with van der Waals surface area (Å²) in [6.45, 7) is 8.52. The minimum Gasteiger partial charge on any atom is -0.457 e. The Kier molecular flexibility index (Phi) is 10.4. The molecule has 1 aliphatic heterocycles. The lowest BCUT2D eigenvalue weighted by atomic mass is 9.73. The molecule has 0 unspecified atom stereocenters. The molecule has 37 heavy (non-hydrogen) atoms. The van der Waals surface area contributed by atoms with Crippen LogP contribution in [0.1, 0.15) is 57.1 Å². The van der Waals surface area contributed by atoms with Crippen molar-refractivity contribution in [3.05, 3.63) is 59.7 Å². The maximum Gasteiger partial charge on any atom is 0.317 e. The van der Waals surface area contributed by atoms with Crippen molar-refractivity contribution in [1.29, 1.82) is 0 Å². The van der Waals surface area contributed by atoms with Crippen molar-refractivity contribution in [1.82, 2.24) is 15.5 Å². The molecule has 0 bridgehead atoms. The lowest BCUT2D eigenvalue weighted by molar-refractivity contribution is -0.0576. The van der Waals surface area contributed by atoms with Gasteiger partial charge in [0.2, 0.25) is 0 Å². The number of para-hydroxylation sites is 2. The highest BCUT2D eigenvalue weighted by Crippen LogP contribution is 2.44. The van der Waals surface area contributed by atoms with E-state index in [9.17, 15) is 9.90 Å². The van der Waals surface area contributed by atoms with E-state index >= 15 is 0 Å². The number of hydrogen-bond acceptors (Lipinski definition) is 5. The van der Waals surface area contributed by atoms with E-state index in [1.54, 1.807) is 7.11 Å². The maximum atomic E-state index is 13.2. The van der Waals surface area contributed by atoms with Gasteiger partial charge in [-0.2, -0.15) is 0 Å². The first-order chi connectivity index (χ1) is 17.7. The second kappa shape index (κ2) is 13.3.